The van der Waals surface area contributed by atoms with E-state index in [-0.39, 0.29) is 15.3 Å². The van der Waals surface area contributed by atoms with Crippen LogP contribution in [0.5, 0.6) is 0 Å². The molecule has 0 bridgehead atoms. The summed E-state index contributed by atoms with van der Waals surface area (Å²) in [6, 6.07) is 0. The Morgan fingerprint density at radius 1 is 1.78 bits per heavy atom. The SMILES string of the molecule is O=c1[nH]cc(Cl)nc1Br. The first-order chi connectivity index (χ1) is 4.20. The summed E-state index contributed by atoms with van der Waals surface area (Å²) in [5, 5.41) is 0.265. The van der Waals surface area contributed by atoms with Crippen molar-refractivity contribution in [2.45, 2.75) is 0 Å². The van der Waals surface area contributed by atoms with E-state index in [0.29, 0.717) is 0 Å². The monoisotopic (exact) mass is 208 g/mol. The van der Waals surface area contributed by atoms with Crippen LogP contribution in [-0.2, 0) is 0 Å². The van der Waals surface area contributed by atoms with Gasteiger partial charge in [-0.1, -0.05) is 11.6 Å². The molecule has 1 aromatic heterocycles. The molecule has 1 rings (SSSR count). The third-order valence-corrected chi connectivity index (χ3v) is 1.45. The molecule has 0 aromatic carbocycles. The Morgan fingerprint density at radius 2 is 2.44 bits per heavy atom. The Morgan fingerprint density at radius 3 is 2.89 bits per heavy atom. The summed E-state index contributed by atoms with van der Waals surface area (Å²) in [7, 11) is 0. The van der Waals surface area contributed by atoms with Crippen molar-refractivity contribution in [3.05, 3.63) is 26.3 Å². The van der Waals surface area contributed by atoms with Gasteiger partial charge in [0.25, 0.3) is 5.56 Å². The average molecular weight is 209 g/mol. The molecule has 0 atom stereocenters. The third kappa shape index (κ3) is 1.53. The lowest BCUT2D eigenvalue weighted by atomic mass is 10.7. The summed E-state index contributed by atoms with van der Waals surface area (Å²) in [4.78, 5) is 16.5. The summed E-state index contributed by atoms with van der Waals surface area (Å²) in [6.07, 6.45) is 1.33. The van der Waals surface area contributed by atoms with Crippen molar-refractivity contribution in [3.8, 4) is 0 Å². The maximum Gasteiger partial charge on any atom is 0.281 e. The summed E-state index contributed by atoms with van der Waals surface area (Å²) in [6.45, 7) is 0. The van der Waals surface area contributed by atoms with Crippen molar-refractivity contribution in [3.63, 3.8) is 0 Å². The predicted molar refractivity (Wildman–Crippen MR) is 37.6 cm³/mol. The number of H-pyrrole nitrogens is 1. The normalized spacial score (nSPS) is 9.56. The second kappa shape index (κ2) is 2.49. The first kappa shape index (κ1) is 6.77. The first-order valence-electron chi connectivity index (χ1n) is 2.11. The molecule has 3 nitrogen and oxygen atoms in total. The highest BCUT2D eigenvalue weighted by Gasteiger charge is 1.94. The highest BCUT2D eigenvalue weighted by Crippen LogP contribution is 2.02. The van der Waals surface area contributed by atoms with Crippen LogP contribution in [0.2, 0.25) is 5.15 Å². The van der Waals surface area contributed by atoms with Crippen LogP contribution in [-0.4, -0.2) is 9.97 Å². The third-order valence-electron chi connectivity index (χ3n) is 0.715. The molecule has 1 heterocycles. The fourth-order valence-electron chi connectivity index (χ4n) is 0.361. The number of nitrogens with zero attached hydrogens (tertiary/aromatic N) is 1. The van der Waals surface area contributed by atoms with E-state index in [0.717, 1.165) is 0 Å². The standard InChI is InChI=1S/C4H2BrClN2O/c5-3-4(9)7-1-2(6)8-3/h1H,(H,7,9). The van der Waals surface area contributed by atoms with Crippen LogP contribution < -0.4 is 5.56 Å². The van der Waals surface area contributed by atoms with Gasteiger partial charge in [-0.05, 0) is 15.9 Å². The molecule has 48 valence electrons. The van der Waals surface area contributed by atoms with Crippen molar-refractivity contribution in [1.29, 1.82) is 0 Å². The number of aromatic amines is 1. The van der Waals surface area contributed by atoms with Crippen LogP contribution >= 0.6 is 27.5 Å². The van der Waals surface area contributed by atoms with Crippen molar-refractivity contribution in [2.24, 2.45) is 0 Å². The van der Waals surface area contributed by atoms with E-state index in [1.807, 2.05) is 0 Å². The molecule has 1 aromatic rings. The number of halogens is 2. The molecule has 9 heavy (non-hydrogen) atoms. The highest BCUT2D eigenvalue weighted by atomic mass is 79.9. The fraction of sp³-hybridized carbons (Fsp3) is 0. The molecular weight excluding hydrogens is 207 g/mol. The number of hydrogen-bond donors (Lipinski definition) is 1. The van der Waals surface area contributed by atoms with Crippen LogP contribution in [0.25, 0.3) is 0 Å². The summed E-state index contributed by atoms with van der Waals surface area (Å²) in [5.41, 5.74) is -0.278. The minimum atomic E-state index is -0.278. The van der Waals surface area contributed by atoms with E-state index < -0.39 is 0 Å². The van der Waals surface area contributed by atoms with Gasteiger partial charge < -0.3 is 4.98 Å². The van der Waals surface area contributed by atoms with Gasteiger partial charge in [-0.3, -0.25) is 4.79 Å². The number of rotatable bonds is 0. The largest absolute Gasteiger partial charge is 0.324 e. The maximum atomic E-state index is 10.5. The van der Waals surface area contributed by atoms with Gasteiger partial charge in [0.15, 0.2) is 4.60 Å². The van der Waals surface area contributed by atoms with E-state index >= 15 is 0 Å². The molecule has 0 fully saturated rings. The highest BCUT2D eigenvalue weighted by molar-refractivity contribution is 9.10. The second-order valence-corrected chi connectivity index (χ2v) is 2.48. The molecule has 0 aliphatic heterocycles. The zero-order valence-corrected chi connectivity index (χ0v) is 6.53. The van der Waals surface area contributed by atoms with Gasteiger partial charge in [0.05, 0.1) is 0 Å². The molecule has 5 heteroatoms. The molecule has 0 aliphatic rings. The van der Waals surface area contributed by atoms with Crippen LogP contribution in [0, 0.1) is 0 Å². The molecule has 0 saturated carbocycles. The van der Waals surface area contributed by atoms with Gasteiger partial charge in [-0.25, -0.2) is 4.98 Å². The second-order valence-electron chi connectivity index (χ2n) is 1.34. The van der Waals surface area contributed by atoms with Gasteiger partial charge in [0.2, 0.25) is 0 Å². The Hall–Kier alpha value is -0.350. The molecule has 0 aliphatic carbocycles. The maximum absolute atomic E-state index is 10.5. The molecule has 0 unspecified atom stereocenters. The molecular formula is C4H2BrClN2O. The Labute approximate surface area is 64.2 Å². The zero-order valence-electron chi connectivity index (χ0n) is 4.19. The van der Waals surface area contributed by atoms with E-state index in [9.17, 15) is 4.79 Å². The van der Waals surface area contributed by atoms with Crippen molar-refractivity contribution in [2.75, 3.05) is 0 Å². The summed E-state index contributed by atoms with van der Waals surface area (Å²) in [5.74, 6) is 0. The molecule has 0 amide bonds. The van der Waals surface area contributed by atoms with E-state index in [2.05, 4.69) is 25.9 Å². The fourth-order valence-corrected chi connectivity index (χ4v) is 0.908. The van der Waals surface area contributed by atoms with E-state index in [1.165, 1.54) is 6.20 Å². The van der Waals surface area contributed by atoms with Crippen molar-refractivity contribution < 1.29 is 0 Å². The van der Waals surface area contributed by atoms with Crippen LogP contribution in [0.1, 0.15) is 0 Å². The first-order valence-corrected chi connectivity index (χ1v) is 3.28. The zero-order chi connectivity index (χ0) is 6.85. The molecule has 0 spiro atoms. The Bertz CT molecular complexity index is 272. The van der Waals surface area contributed by atoms with Gasteiger partial charge in [-0.15, -0.1) is 0 Å². The minimum absolute atomic E-state index is 0.204. The lowest BCUT2D eigenvalue weighted by molar-refractivity contribution is 1.10. The van der Waals surface area contributed by atoms with E-state index in [4.69, 9.17) is 11.6 Å². The molecule has 1 N–H and O–H groups in total. The molecule has 0 saturated heterocycles. The Balaban J connectivity index is 3.34. The lowest BCUT2D eigenvalue weighted by Crippen LogP contribution is -2.06. The minimum Gasteiger partial charge on any atom is -0.324 e. The topological polar surface area (TPSA) is 45.8 Å². The van der Waals surface area contributed by atoms with Gasteiger partial charge in [0, 0.05) is 6.20 Å². The van der Waals surface area contributed by atoms with Gasteiger partial charge in [-0.2, -0.15) is 0 Å². The van der Waals surface area contributed by atoms with Crippen LogP contribution in [0.15, 0.2) is 15.6 Å². The van der Waals surface area contributed by atoms with E-state index in [1.54, 1.807) is 0 Å². The summed E-state index contributed by atoms with van der Waals surface area (Å²) < 4.78 is 0.204. The van der Waals surface area contributed by atoms with Gasteiger partial charge in [0.1, 0.15) is 5.15 Å². The van der Waals surface area contributed by atoms with Crippen molar-refractivity contribution >= 4 is 27.5 Å². The average Bonchev–Trinajstić information content (AvgIpc) is 1.80. The lowest BCUT2D eigenvalue weighted by Gasteiger charge is -1.86. The predicted octanol–water partition coefficient (Wildman–Crippen LogP) is 1.19. The number of nitrogens with one attached hydrogen (secondary N) is 1. The Kier molecular flexibility index (Phi) is 1.87. The molecule has 0 radical (unpaired) electrons. The van der Waals surface area contributed by atoms with Crippen molar-refractivity contribution in [1.82, 2.24) is 9.97 Å². The smallest absolute Gasteiger partial charge is 0.281 e. The van der Waals surface area contributed by atoms with Crippen LogP contribution in [0.3, 0.4) is 0 Å². The number of hydrogen-bond acceptors (Lipinski definition) is 2. The van der Waals surface area contributed by atoms with Crippen LogP contribution in [0.4, 0.5) is 0 Å². The van der Waals surface area contributed by atoms with Gasteiger partial charge >= 0.3 is 0 Å². The number of aromatic nitrogens is 2. The summed E-state index contributed by atoms with van der Waals surface area (Å²) >= 11 is 8.31. The quantitative estimate of drug-likeness (QED) is 0.697.